The Morgan fingerprint density at radius 3 is 1.28 bits per heavy atom. The molecule has 0 N–H and O–H groups in total. The molecule has 2 aliphatic rings. The van der Waals surface area contributed by atoms with E-state index >= 15 is 0 Å². The van der Waals surface area contributed by atoms with Crippen LogP contribution in [0.2, 0.25) is 0 Å². The molecule has 32 heavy (non-hydrogen) atoms. The summed E-state index contributed by atoms with van der Waals surface area (Å²) in [5.41, 5.74) is 1.37. The second kappa shape index (κ2) is 11.0. The summed E-state index contributed by atoms with van der Waals surface area (Å²) in [5.74, 6) is 1.64. The summed E-state index contributed by atoms with van der Waals surface area (Å²) < 4.78 is 9.74. The molecule has 2 saturated carbocycles. The number of hydrogen-bond acceptors (Lipinski definition) is 4. The van der Waals surface area contributed by atoms with Gasteiger partial charge in [-0.05, 0) is 49.9 Å². The van der Waals surface area contributed by atoms with Gasteiger partial charge in [0.2, 0.25) is 0 Å². The molecule has 0 spiro atoms. The first-order valence-electron chi connectivity index (χ1n) is 11.1. The number of rotatable bonds is 6. The Morgan fingerprint density at radius 2 is 0.969 bits per heavy atom. The van der Waals surface area contributed by atoms with Crippen LogP contribution in [-0.4, -0.2) is 34.4 Å². The van der Waals surface area contributed by atoms with Crippen molar-refractivity contribution in [2.45, 2.75) is 60.0 Å². The Balaban J connectivity index is 0.000000181. The van der Waals surface area contributed by atoms with Crippen molar-refractivity contribution in [1.29, 1.82) is 0 Å². The summed E-state index contributed by atoms with van der Waals surface area (Å²) >= 11 is 7.21. The quantitative estimate of drug-likeness (QED) is 0.275. The predicted molar refractivity (Wildman–Crippen MR) is 135 cm³/mol. The Bertz CT molecular complexity index is 867. The van der Waals surface area contributed by atoms with Crippen LogP contribution in [0, 0.1) is 0 Å². The lowest BCUT2D eigenvalue weighted by Crippen LogP contribution is -2.28. The first-order valence-corrected chi connectivity index (χ1v) is 12.7. The summed E-state index contributed by atoms with van der Waals surface area (Å²) in [4.78, 5) is 24.8. The molecule has 2 aliphatic carbocycles. The molecule has 4 rings (SSSR count). The molecule has 172 valence electrons. The van der Waals surface area contributed by atoms with Crippen molar-refractivity contribution < 1.29 is 19.1 Å². The van der Waals surface area contributed by atoms with E-state index in [9.17, 15) is 9.59 Å². The standard InChI is InChI=1S/2C13H15BrO2/c2*1-16-11-7-3-2-6-10(11)12(15)13(14)8-4-5-9-13/h2*2-3,6-7H,4-5,8-9H2,1H3. The van der Waals surface area contributed by atoms with Crippen LogP contribution in [0.5, 0.6) is 11.5 Å². The molecule has 0 saturated heterocycles. The minimum absolute atomic E-state index is 0.155. The number of Topliss-reactive ketones (excluding diaryl/α,β-unsaturated/α-hetero) is 2. The number of para-hydroxylation sites is 2. The van der Waals surface area contributed by atoms with Gasteiger partial charge in [0.1, 0.15) is 11.5 Å². The van der Waals surface area contributed by atoms with Crippen LogP contribution < -0.4 is 9.47 Å². The lowest BCUT2D eigenvalue weighted by atomic mass is 9.95. The van der Waals surface area contributed by atoms with Crippen molar-refractivity contribution in [2.75, 3.05) is 14.2 Å². The van der Waals surface area contributed by atoms with Crippen molar-refractivity contribution >= 4 is 43.4 Å². The van der Waals surface area contributed by atoms with Crippen molar-refractivity contribution in [2.24, 2.45) is 0 Å². The predicted octanol–water partition coefficient (Wildman–Crippen LogP) is 7.17. The number of alkyl halides is 2. The average Bonchev–Trinajstić information content (AvgIpc) is 3.48. The molecule has 4 nitrogen and oxygen atoms in total. The normalized spacial score (nSPS) is 18.4. The van der Waals surface area contributed by atoms with Crippen LogP contribution in [-0.2, 0) is 0 Å². The van der Waals surface area contributed by atoms with E-state index in [2.05, 4.69) is 31.9 Å². The summed E-state index contributed by atoms with van der Waals surface area (Å²) in [6.45, 7) is 0. The van der Waals surface area contributed by atoms with Gasteiger partial charge in [-0.25, -0.2) is 0 Å². The van der Waals surface area contributed by atoms with Gasteiger partial charge in [-0.15, -0.1) is 0 Å². The SMILES string of the molecule is COc1ccccc1C(=O)C1(Br)CCCC1.COc1ccccc1C(=O)C1(Br)CCCC1. The molecular weight excluding hydrogens is 536 g/mol. The summed E-state index contributed by atoms with van der Waals surface area (Å²) in [6.07, 6.45) is 8.15. The van der Waals surface area contributed by atoms with Crippen molar-refractivity contribution in [3.05, 3.63) is 59.7 Å². The van der Waals surface area contributed by atoms with E-state index in [1.807, 2.05) is 48.5 Å². The number of methoxy groups -OCH3 is 2. The Morgan fingerprint density at radius 1 is 0.656 bits per heavy atom. The highest BCUT2D eigenvalue weighted by Gasteiger charge is 2.40. The van der Waals surface area contributed by atoms with E-state index in [0.29, 0.717) is 22.6 Å². The molecule has 0 atom stereocenters. The van der Waals surface area contributed by atoms with Crippen LogP contribution in [0.25, 0.3) is 0 Å². The molecule has 0 unspecified atom stereocenters. The highest BCUT2D eigenvalue weighted by Crippen LogP contribution is 2.42. The summed E-state index contributed by atoms with van der Waals surface area (Å²) in [5, 5.41) is 0. The van der Waals surface area contributed by atoms with Gasteiger partial charge in [0.05, 0.1) is 34.0 Å². The fourth-order valence-corrected chi connectivity index (χ4v) is 6.02. The first-order chi connectivity index (χ1) is 15.3. The molecule has 0 aliphatic heterocycles. The monoisotopic (exact) mass is 564 g/mol. The van der Waals surface area contributed by atoms with Crippen LogP contribution in [0.4, 0.5) is 0 Å². The zero-order valence-electron chi connectivity index (χ0n) is 18.7. The maximum absolute atomic E-state index is 12.4. The van der Waals surface area contributed by atoms with Gasteiger partial charge in [-0.3, -0.25) is 9.59 Å². The van der Waals surface area contributed by atoms with Crippen LogP contribution in [0.3, 0.4) is 0 Å². The number of carbonyl (C=O) groups excluding carboxylic acids is 2. The molecule has 2 aromatic carbocycles. The van der Waals surface area contributed by atoms with Crippen LogP contribution >= 0.6 is 31.9 Å². The van der Waals surface area contributed by atoms with Crippen molar-refractivity contribution in [3.63, 3.8) is 0 Å². The van der Waals surface area contributed by atoms with Gasteiger partial charge < -0.3 is 9.47 Å². The summed E-state index contributed by atoms with van der Waals surface area (Å²) in [6, 6.07) is 14.8. The lowest BCUT2D eigenvalue weighted by molar-refractivity contribution is 0.0938. The second-order valence-corrected chi connectivity index (χ2v) is 11.4. The molecule has 0 bridgehead atoms. The molecule has 6 heteroatoms. The highest BCUT2D eigenvalue weighted by atomic mass is 79.9. The molecule has 0 radical (unpaired) electrons. The summed E-state index contributed by atoms with van der Waals surface area (Å²) in [7, 11) is 3.20. The van der Waals surface area contributed by atoms with Gasteiger partial charge in [0.25, 0.3) is 0 Å². The number of carbonyl (C=O) groups is 2. The molecule has 2 fully saturated rings. The smallest absolute Gasteiger partial charge is 0.183 e. The minimum Gasteiger partial charge on any atom is -0.496 e. The highest BCUT2D eigenvalue weighted by molar-refractivity contribution is 9.10. The van der Waals surface area contributed by atoms with E-state index < -0.39 is 0 Å². The fraction of sp³-hybridized carbons (Fsp3) is 0.462. The molecular formula is C26H30Br2O4. The number of hydrogen-bond donors (Lipinski definition) is 0. The third kappa shape index (κ3) is 5.45. The van der Waals surface area contributed by atoms with Gasteiger partial charge in [-0.1, -0.05) is 81.8 Å². The molecule has 0 amide bonds. The van der Waals surface area contributed by atoms with Gasteiger partial charge in [0, 0.05) is 0 Å². The largest absolute Gasteiger partial charge is 0.496 e. The first kappa shape index (κ1) is 25.0. The van der Waals surface area contributed by atoms with E-state index in [1.54, 1.807) is 14.2 Å². The van der Waals surface area contributed by atoms with Crippen LogP contribution in [0.1, 0.15) is 72.1 Å². The zero-order chi connectivity index (χ0) is 23.2. The van der Waals surface area contributed by atoms with Gasteiger partial charge in [-0.2, -0.15) is 0 Å². The zero-order valence-corrected chi connectivity index (χ0v) is 21.8. The Kier molecular flexibility index (Phi) is 8.56. The van der Waals surface area contributed by atoms with Gasteiger partial charge >= 0.3 is 0 Å². The van der Waals surface area contributed by atoms with Crippen molar-refractivity contribution in [3.8, 4) is 11.5 Å². The minimum atomic E-state index is -0.359. The van der Waals surface area contributed by atoms with E-state index in [4.69, 9.17) is 9.47 Å². The Labute approximate surface area is 207 Å². The number of benzene rings is 2. The average molecular weight is 566 g/mol. The third-order valence-corrected chi connectivity index (χ3v) is 8.62. The Hall–Kier alpha value is -1.66. The third-order valence-electron chi connectivity index (χ3n) is 6.31. The topological polar surface area (TPSA) is 52.6 Å². The second-order valence-electron chi connectivity index (χ2n) is 8.40. The molecule has 2 aromatic rings. The van der Waals surface area contributed by atoms with E-state index in [-0.39, 0.29) is 20.2 Å². The molecule has 0 heterocycles. The van der Waals surface area contributed by atoms with Crippen molar-refractivity contribution in [1.82, 2.24) is 0 Å². The number of ether oxygens (including phenoxy) is 2. The number of ketones is 2. The number of halogens is 2. The molecule has 0 aromatic heterocycles. The van der Waals surface area contributed by atoms with Gasteiger partial charge in [0.15, 0.2) is 11.6 Å². The maximum atomic E-state index is 12.4. The van der Waals surface area contributed by atoms with E-state index in [1.165, 1.54) is 0 Å². The maximum Gasteiger partial charge on any atom is 0.183 e. The lowest BCUT2D eigenvalue weighted by Gasteiger charge is -2.20. The fourth-order valence-electron chi connectivity index (χ4n) is 4.47. The van der Waals surface area contributed by atoms with Crippen LogP contribution in [0.15, 0.2) is 48.5 Å². The van der Waals surface area contributed by atoms with E-state index in [0.717, 1.165) is 51.4 Å².